The molecule has 1 fully saturated rings. The van der Waals surface area contributed by atoms with Gasteiger partial charge in [-0.3, -0.25) is 18.9 Å². The summed E-state index contributed by atoms with van der Waals surface area (Å²) in [6.07, 6.45) is 3.24. The quantitative estimate of drug-likeness (QED) is 0.393. The molecule has 0 saturated carbocycles. The van der Waals surface area contributed by atoms with E-state index >= 15 is 0 Å². The number of likely N-dealkylation sites (N-methyl/N-ethyl adjacent to an activating group) is 1. The van der Waals surface area contributed by atoms with Crippen LogP contribution in [0.3, 0.4) is 0 Å². The van der Waals surface area contributed by atoms with Crippen LogP contribution < -0.4 is 10.9 Å². The van der Waals surface area contributed by atoms with Gasteiger partial charge in [0.1, 0.15) is 15.8 Å². The second kappa shape index (κ2) is 8.82. The smallest absolute Gasteiger partial charge is 0.267 e. The van der Waals surface area contributed by atoms with Gasteiger partial charge in [0, 0.05) is 19.8 Å². The number of aryl methyl sites for hydroxylation is 1. The van der Waals surface area contributed by atoms with Crippen LogP contribution in [0.5, 0.6) is 0 Å². The highest BCUT2D eigenvalue weighted by atomic mass is 32.2. The topological polar surface area (TPSA) is 96.2 Å². The molecule has 1 aliphatic heterocycles. The summed E-state index contributed by atoms with van der Waals surface area (Å²) in [5.74, 6) is 0.115. The number of ether oxygens (including phenoxy) is 1. The summed E-state index contributed by atoms with van der Waals surface area (Å²) in [5, 5.41) is 11.9. The van der Waals surface area contributed by atoms with Gasteiger partial charge in [-0.2, -0.15) is 0 Å². The number of rotatable bonds is 7. The average Bonchev–Trinajstić information content (AvgIpc) is 2.91. The van der Waals surface area contributed by atoms with Gasteiger partial charge in [-0.15, -0.1) is 0 Å². The minimum Gasteiger partial charge on any atom is -0.394 e. The molecule has 0 unspecified atom stereocenters. The molecule has 3 heterocycles. The maximum atomic E-state index is 13.1. The Hall–Kier alpha value is -2.27. The standard InChI is InChI=1S/C18H20N4O4S2/c1-11-3-4-14-20-15(19-5-7-26-8-6-23)12(16(24)22(14)10-11)9-13-17(25)21(2)18(27)28-13/h3-4,9-10,19,23H,5-8H2,1-2H3/b13-9-. The Balaban J connectivity index is 2.03. The predicted octanol–water partition coefficient (Wildman–Crippen LogP) is 1.25. The molecule has 8 nitrogen and oxygen atoms in total. The predicted molar refractivity (Wildman–Crippen MR) is 114 cm³/mol. The number of aromatic nitrogens is 2. The summed E-state index contributed by atoms with van der Waals surface area (Å²) < 4.78 is 7.13. The molecule has 1 saturated heterocycles. The van der Waals surface area contributed by atoms with Crippen LogP contribution in [0.1, 0.15) is 11.1 Å². The third kappa shape index (κ3) is 4.25. The van der Waals surface area contributed by atoms with Gasteiger partial charge < -0.3 is 15.2 Å². The number of hydrogen-bond donors (Lipinski definition) is 2. The first-order valence-electron chi connectivity index (χ1n) is 8.59. The van der Waals surface area contributed by atoms with E-state index in [0.717, 1.165) is 17.3 Å². The normalized spacial score (nSPS) is 15.8. The summed E-state index contributed by atoms with van der Waals surface area (Å²) in [6, 6.07) is 3.64. The van der Waals surface area contributed by atoms with Crippen molar-refractivity contribution in [2.45, 2.75) is 6.92 Å². The van der Waals surface area contributed by atoms with E-state index in [2.05, 4.69) is 10.3 Å². The molecular weight excluding hydrogens is 400 g/mol. The number of aliphatic hydroxyl groups is 1. The van der Waals surface area contributed by atoms with Crippen molar-refractivity contribution in [2.24, 2.45) is 0 Å². The molecule has 0 aromatic carbocycles. The second-order valence-corrected chi connectivity index (χ2v) is 7.79. The lowest BCUT2D eigenvalue weighted by atomic mass is 10.2. The molecule has 0 aliphatic carbocycles. The van der Waals surface area contributed by atoms with E-state index in [1.807, 2.05) is 13.0 Å². The van der Waals surface area contributed by atoms with Crippen LogP contribution in [0.2, 0.25) is 0 Å². The summed E-state index contributed by atoms with van der Waals surface area (Å²) >= 11 is 6.31. The lowest BCUT2D eigenvalue weighted by molar-refractivity contribution is -0.121. The molecule has 2 N–H and O–H groups in total. The van der Waals surface area contributed by atoms with E-state index in [9.17, 15) is 9.59 Å². The number of nitrogens with one attached hydrogen (secondary N) is 1. The first kappa shape index (κ1) is 20.5. The minimum atomic E-state index is -0.283. The molecule has 0 spiro atoms. The van der Waals surface area contributed by atoms with Crippen LogP contribution in [0.25, 0.3) is 11.7 Å². The van der Waals surface area contributed by atoms with Gasteiger partial charge in [0.05, 0.1) is 30.3 Å². The van der Waals surface area contributed by atoms with Crippen LogP contribution in [0, 0.1) is 6.92 Å². The van der Waals surface area contributed by atoms with Crippen LogP contribution in [-0.4, -0.2) is 63.0 Å². The van der Waals surface area contributed by atoms with Crippen molar-refractivity contribution in [2.75, 3.05) is 38.7 Å². The fourth-order valence-electron chi connectivity index (χ4n) is 2.61. The Morgan fingerprint density at radius 3 is 2.82 bits per heavy atom. The zero-order chi connectivity index (χ0) is 20.3. The Morgan fingerprint density at radius 1 is 1.36 bits per heavy atom. The Kier molecular flexibility index (Phi) is 6.45. The van der Waals surface area contributed by atoms with Crippen LogP contribution in [0.4, 0.5) is 5.82 Å². The highest BCUT2D eigenvalue weighted by Crippen LogP contribution is 2.31. The fraction of sp³-hybridized carbons (Fsp3) is 0.333. The van der Waals surface area contributed by atoms with Crippen LogP contribution >= 0.6 is 24.0 Å². The third-order valence-electron chi connectivity index (χ3n) is 4.04. The molecule has 3 rings (SSSR count). The number of carbonyl (C=O) groups excluding carboxylic acids is 1. The van der Waals surface area contributed by atoms with Crippen molar-refractivity contribution in [1.82, 2.24) is 14.3 Å². The minimum absolute atomic E-state index is 0.0565. The van der Waals surface area contributed by atoms with Gasteiger partial charge in [-0.25, -0.2) is 4.98 Å². The third-order valence-corrected chi connectivity index (χ3v) is 5.53. The molecule has 0 radical (unpaired) electrons. The average molecular weight is 421 g/mol. The van der Waals surface area contributed by atoms with Crippen molar-refractivity contribution in [3.63, 3.8) is 0 Å². The van der Waals surface area contributed by atoms with Gasteiger partial charge in [0.15, 0.2) is 0 Å². The van der Waals surface area contributed by atoms with Crippen molar-refractivity contribution in [3.8, 4) is 0 Å². The summed E-state index contributed by atoms with van der Waals surface area (Å²) in [7, 11) is 1.60. The van der Waals surface area contributed by atoms with Crippen molar-refractivity contribution in [1.29, 1.82) is 0 Å². The van der Waals surface area contributed by atoms with Gasteiger partial charge >= 0.3 is 0 Å². The van der Waals surface area contributed by atoms with E-state index in [4.69, 9.17) is 22.1 Å². The highest BCUT2D eigenvalue weighted by molar-refractivity contribution is 8.26. The van der Waals surface area contributed by atoms with E-state index in [0.29, 0.717) is 33.8 Å². The highest BCUT2D eigenvalue weighted by Gasteiger charge is 2.29. The number of pyridine rings is 1. The van der Waals surface area contributed by atoms with Crippen LogP contribution in [-0.2, 0) is 9.53 Å². The molecule has 10 heteroatoms. The van der Waals surface area contributed by atoms with E-state index in [1.165, 1.54) is 15.4 Å². The van der Waals surface area contributed by atoms with E-state index in [-0.39, 0.29) is 30.2 Å². The van der Waals surface area contributed by atoms with Crippen LogP contribution in [0.15, 0.2) is 28.0 Å². The Labute approximate surface area is 171 Å². The number of hydrogen-bond acceptors (Lipinski definition) is 8. The zero-order valence-corrected chi connectivity index (χ0v) is 17.1. The summed E-state index contributed by atoms with van der Waals surface area (Å²) in [5.41, 5.74) is 1.41. The summed E-state index contributed by atoms with van der Waals surface area (Å²) in [6.45, 7) is 2.80. The number of fused-ring (bicyclic) bond motifs is 1. The monoisotopic (exact) mass is 420 g/mol. The number of nitrogens with zero attached hydrogens (tertiary/aromatic N) is 3. The number of amides is 1. The zero-order valence-electron chi connectivity index (χ0n) is 15.5. The molecule has 2 aromatic heterocycles. The second-order valence-electron chi connectivity index (χ2n) is 6.12. The number of anilines is 1. The van der Waals surface area contributed by atoms with Crippen molar-refractivity contribution < 1.29 is 14.6 Å². The molecule has 28 heavy (non-hydrogen) atoms. The first-order valence-corrected chi connectivity index (χ1v) is 9.82. The molecule has 1 amide bonds. The van der Waals surface area contributed by atoms with Crippen molar-refractivity contribution in [3.05, 3.63) is 44.7 Å². The van der Waals surface area contributed by atoms with Gasteiger partial charge in [0.2, 0.25) is 0 Å². The summed E-state index contributed by atoms with van der Waals surface area (Å²) in [4.78, 5) is 31.7. The fourth-order valence-corrected chi connectivity index (χ4v) is 3.77. The number of thiocarbonyl (C=S) groups is 1. The SMILES string of the molecule is Cc1ccc2nc(NCCOCCO)c(/C=C3\SC(=S)N(C)C3=O)c(=O)n2c1. The number of carbonyl (C=O) groups is 1. The largest absolute Gasteiger partial charge is 0.394 e. The maximum Gasteiger partial charge on any atom is 0.267 e. The lowest BCUT2D eigenvalue weighted by Crippen LogP contribution is -2.24. The Morgan fingerprint density at radius 2 is 2.14 bits per heavy atom. The first-order chi connectivity index (χ1) is 13.4. The van der Waals surface area contributed by atoms with Gasteiger partial charge in [0.25, 0.3) is 11.5 Å². The maximum absolute atomic E-state index is 13.1. The molecule has 0 bridgehead atoms. The Bertz CT molecular complexity index is 1020. The number of thioether (sulfide) groups is 1. The molecule has 1 aliphatic rings. The molecule has 0 atom stereocenters. The lowest BCUT2D eigenvalue weighted by Gasteiger charge is -2.11. The van der Waals surface area contributed by atoms with E-state index < -0.39 is 0 Å². The van der Waals surface area contributed by atoms with E-state index in [1.54, 1.807) is 19.3 Å². The molecule has 2 aromatic rings. The van der Waals surface area contributed by atoms with Crippen molar-refractivity contribution >= 4 is 51.7 Å². The molecule has 148 valence electrons. The number of aliphatic hydroxyl groups excluding tert-OH is 1. The van der Waals surface area contributed by atoms with Gasteiger partial charge in [-0.05, 0) is 24.6 Å². The molecular formula is C18H20N4O4S2. The van der Waals surface area contributed by atoms with Gasteiger partial charge in [-0.1, -0.05) is 30.0 Å².